The van der Waals surface area contributed by atoms with Crippen molar-refractivity contribution in [3.8, 4) is 5.75 Å². The predicted molar refractivity (Wildman–Crippen MR) is 58.0 cm³/mol. The molecule has 0 unspecified atom stereocenters. The molecule has 1 aliphatic rings. The lowest BCUT2D eigenvalue weighted by atomic mass is 9.97. The van der Waals surface area contributed by atoms with E-state index in [2.05, 4.69) is 5.32 Å². The number of piperidine rings is 1. The summed E-state index contributed by atoms with van der Waals surface area (Å²) in [6.45, 7) is 0.787. The first-order valence-electron chi connectivity index (χ1n) is 5.18. The van der Waals surface area contributed by atoms with Crippen LogP contribution in [0.3, 0.4) is 0 Å². The minimum atomic E-state index is 0.178. The Labute approximate surface area is 89.4 Å². The number of nitrogens with one attached hydrogen (secondary N) is 1. The zero-order valence-corrected chi connectivity index (χ0v) is 8.82. The second-order valence-electron chi connectivity index (χ2n) is 3.77. The number of carbonyl (C=O) groups is 1. The molecule has 0 bridgehead atoms. The summed E-state index contributed by atoms with van der Waals surface area (Å²) in [5.74, 6) is 1.19. The Hall–Kier alpha value is -1.35. The summed E-state index contributed by atoms with van der Waals surface area (Å²) >= 11 is 0. The summed E-state index contributed by atoms with van der Waals surface area (Å²) in [6.07, 6.45) is 1.26. The van der Waals surface area contributed by atoms with Crippen LogP contribution in [0.2, 0.25) is 0 Å². The topological polar surface area (TPSA) is 38.3 Å². The van der Waals surface area contributed by atoms with Gasteiger partial charge in [0.05, 0.1) is 7.11 Å². The summed E-state index contributed by atoms with van der Waals surface area (Å²) in [5.41, 5.74) is 1.16. The Kier molecular flexibility index (Phi) is 3.02. The monoisotopic (exact) mass is 205 g/mol. The van der Waals surface area contributed by atoms with Gasteiger partial charge in [-0.25, -0.2) is 0 Å². The van der Waals surface area contributed by atoms with Gasteiger partial charge >= 0.3 is 0 Å². The fraction of sp³-hybridized carbons (Fsp3) is 0.417. The van der Waals surface area contributed by atoms with Crippen molar-refractivity contribution < 1.29 is 9.53 Å². The van der Waals surface area contributed by atoms with Crippen LogP contribution in [0.1, 0.15) is 24.4 Å². The maximum Gasteiger partial charge on any atom is 0.136 e. The van der Waals surface area contributed by atoms with E-state index in [0.717, 1.165) is 17.9 Å². The highest BCUT2D eigenvalue weighted by molar-refractivity contribution is 5.80. The molecule has 3 heteroatoms. The maximum atomic E-state index is 11.3. The Bertz CT molecular complexity index is 345. The van der Waals surface area contributed by atoms with Crippen molar-refractivity contribution in [1.29, 1.82) is 0 Å². The quantitative estimate of drug-likeness (QED) is 0.798. The van der Waals surface area contributed by atoms with Gasteiger partial charge < -0.3 is 10.1 Å². The molecular formula is C12H15NO2. The third-order valence-corrected chi connectivity index (χ3v) is 2.74. The van der Waals surface area contributed by atoms with E-state index in [1.54, 1.807) is 7.11 Å². The smallest absolute Gasteiger partial charge is 0.136 e. The number of hydrogen-bond donors (Lipinski definition) is 1. The van der Waals surface area contributed by atoms with Crippen LogP contribution in [-0.4, -0.2) is 19.4 Å². The molecule has 1 aromatic carbocycles. The van der Waals surface area contributed by atoms with Crippen molar-refractivity contribution in [2.24, 2.45) is 0 Å². The molecule has 80 valence electrons. The van der Waals surface area contributed by atoms with Crippen molar-refractivity contribution in [3.05, 3.63) is 29.8 Å². The molecule has 15 heavy (non-hydrogen) atoms. The highest BCUT2D eigenvalue weighted by atomic mass is 16.5. The molecular weight excluding hydrogens is 190 g/mol. The molecule has 0 radical (unpaired) electrons. The first-order valence-corrected chi connectivity index (χ1v) is 5.18. The van der Waals surface area contributed by atoms with E-state index >= 15 is 0 Å². The van der Waals surface area contributed by atoms with E-state index in [1.807, 2.05) is 24.3 Å². The molecule has 1 saturated heterocycles. The Balaban J connectivity index is 2.11. The third-order valence-electron chi connectivity index (χ3n) is 2.74. The van der Waals surface area contributed by atoms with Gasteiger partial charge in [0.15, 0.2) is 0 Å². The largest absolute Gasteiger partial charge is 0.497 e. The van der Waals surface area contributed by atoms with Crippen LogP contribution in [-0.2, 0) is 4.79 Å². The van der Waals surface area contributed by atoms with Gasteiger partial charge in [0.2, 0.25) is 0 Å². The van der Waals surface area contributed by atoms with E-state index in [-0.39, 0.29) is 6.04 Å². The summed E-state index contributed by atoms with van der Waals surface area (Å²) in [4.78, 5) is 11.3. The molecule has 0 amide bonds. The van der Waals surface area contributed by atoms with E-state index in [0.29, 0.717) is 18.6 Å². The van der Waals surface area contributed by atoms with Crippen LogP contribution in [0.15, 0.2) is 24.3 Å². The van der Waals surface area contributed by atoms with Gasteiger partial charge in [0.25, 0.3) is 0 Å². The Morgan fingerprint density at radius 1 is 1.33 bits per heavy atom. The molecule has 1 aromatic rings. The SMILES string of the molecule is COc1ccc([C@H]2CC(=O)CCN2)cc1. The summed E-state index contributed by atoms with van der Waals surface area (Å²) in [6, 6.07) is 8.05. The predicted octanol–water partition coefficient (Wildman–Crippen LogP) is 1.69. The van der Waals surface area contributed by atoms with Crippen LogP contribution >= 0.6 is 0 Å². The number of methoxy groups -OCH3 is 1. The van der Waals surface area contributed by atoms with E-state index in [4.69, 9.17) is 4.74 Å². The first-order chi connectivity index (χ1) is 7.29. The van der Waals surface area contributed by atoms with Crippen molar-refractivity contribution in [2.75, 3.05) is 13.7 Å². The van der Waals surface area contributed by atoms with Crippen molar-refractivity contribution >= 4 is 5.78 Å². The van der Waals surface area contributed by atoms with Crippen LogP contribution < -0.4 is 10.1 Å². The van der Waals surface area contributed by atoms with Gasteiger partial charge in [-0.3, -0.25) is 4.79 Å². The number of Topliss-reactive ketones (excluding diaryl/α,β-unsaturated/α-hetero) is 1. The summed E-state index contributed by atoms with van der Waals surface area (Å²) < 4.78 is 5.09. The third kappa shape index (κ3) is 2.36. The highest BCUT2D eigenvalue weighted by Gasteiger charge is 2.19. The number of carbonyl (C=O) groups excluding carboxylic acids is 1. The number of hydrogen-bond acceptors (Lipinski definition) is 3. The number of ether oxygens (including phenoxy) is 1. The second-order valence-corrected chi connectivity index (χ2v) is 3.77. The zero-order chi connectivity index (χ0) is 10.7. The van der Waals surface area contributed by atoms with E-state index < -0.39 is 0 Å². The average Bonchev–Trinajstić information content (AvgIpc) is 2.29. The van der Waals surface area contributed by atoms with Gasteiger partial charge in [-0.05, 0) is 17.7 Å². The lowest BCUT2D eigenvalue weighted by Crippen LogP contribution is -2.31. The molecule has 0 aliphatic carbocycles. The number of rotatable bonds is 2. The Morgan fingerprint density at radius 2 is 2.07 bits per heavy atom. The van der Waals surface area contributed by atoms with Crippen LogP contribution in [0, 0.1) is 0 Å². The zero-order valence-electron chi connectivity index (χ0n) is 8.82. The molecule has 1 fully saturated rings. The minimum Gasteiger partial charge on any atom is -0.497 e. The molecule has 0 saturated carbocycles. The summed E-state index contributed by atoms with van der Waals surface area (Å²) in [7, 11) is 1.65. The fourth-order valence-corrected chi connectivity index (χ4v) is 1.86. The molecule has 1 N–H and O–H groups in total. The lowest BCUT2D eigenvalue weighted by Gasteiger charge is -2.23. The van der Waals surface area contributed by atoms with Gasteiger partial charge in [-0.1, -0.05) is 12.1 Å². The van der Waals surface area contributed by atoms with Crippen molar-refractivity contribution in [3.63, 3.8) is 0 Å². The lowest BCUT2D eigenvalue weighted by molar-refractivity contribution is -0.120. The number of benzene rings is 1. The second kappa shape index (κ2) is 4.45. The molecule has 2 rings (SSSR count). The highest BCUT2D eigenvalue weighted by Crippen LogP contribution is 2.22. The van der Waals surface area contributed by atoms with Crippen LogP contribution in [0.5, 0.6) is 5.75 Å². The van der Waals surface area contributed by atoms with Crippen molar-refractivity contribution in [2.45, 2.75) is 18.9 Å². The maximum absolute atomic E-state index is 11.3. The van der Waals surface area contributed by atoms with Gasteiger partial charge in [-0.15, -0.1) is 0 Å². The van der Waals surface area contributed by atoms with E-state index in [1.165, 1.54) is 0 Å². The average molecular weight is 205 g/mol. The molecule has 1 aliphatic heterocycles. The van der Waals surface area contributed by atoms with Crippen molar-refractivity contribution in [1.82, 2.24) is 5.32 Å². The molecule has 1 heterocycles. The molecule has 3 nitrogen and oxygen atoms in total. The van der Waals surface area contributed by atoms with Gasteiger partial charge in [0, 0.05) is 25.4 Å². The Morgan fingerprint density at radius 3 is 2.67 bits per heavy atom. The summed E-state index contributed by atoms with van der Waals surface area (Å²) in [5, 5.41) is 3.34. The fourth-order valence-electron chi connectivity index (χ4n) is 1.86. The van der Waals surface area contributed by atoms with Crippen LogP contribution in [0.4, 0.5) is 0 Å². The standard InChI is InChI=1S/C12H15NO2/c1-15-11-4-2-9(3-5-11)12-8-10(14)6-7-13-12/h2-5,12-13H,6-8H2,1H3/t12-/m1/s1. The van der Waals surface area contributed by atoms with Gasteiger partial charge in [0.1, 0.15) is 11.5 Å². The molecule has 0 aromatic heterocycles. The molecule has 0 spiro atoms. The van der Waals surface area contributed by atoms with Gasteiger partial charge in [-0.2, -0.15) is 0 Å². The van der Waals surface area contributed by atoms with Crippen LogP contribution in [0.25, 0.3) is 0 Å². The number of ketones is 1. The minimum absolute atomic E-state index is 0.178. The molecule has 1 atom stereocenters. The normalized spacial score (nSPS) is 21.4. The van der Waals surface area contributed by atoms with E-state index in [9.17, 15) is 4.79 Å². The first kappa shape index (κ1) is 10.2.